The molecule has 0 saturated heterocycles. The van der Waals surface area contributed by atoms with Crippen molar-refractivity contribution in [2.24, 2.45) is 11.3 Å². The van der Waals surface area contributed by atoms with Crippen LogP contribution in [-0.2, 0) is 0 Å². The molecule has 0 aromatic carbocycles. The van der Waals surface area contributed by atoms with E-state index in [1.165, 1.54) is 0 Å². The van der Waals surface area contributed by atoms with Crippen molar-refractivity contribution in [3.63, 3.8) is 0 Å². The molecule has 0 radical (unpaired) electrons. The first-order valence-corrected chi connectivity index (χ1v) is 5.83. The van der Waals surface area contributed by atoms with E-state index in [9.17, 15) is 4.79 Å². The van der Waals surface area contributed by atoms with Gasteiger partial charge in [0.25, 0.3) is 0 Å². The van der Waals surface area contributed by atoms with E-state index >= 15 is 0 Å². The average molecular weight is 219 g/mol. The molecule has 0 saturated carbocycles. The normalized spacial score (nSPS) is 13.5. The first-order chi connectivity index (χ1) is 7.38. The molecule has 0 N–H and O–H groups in total. The van der Waals surface area contributed by atoms with Gasteiger partial charge in [-0.1, -0.05) is 33.8 Å². The van der Waals surface area contributed by atoms with E-state index in [0.717, 1.165) is 6.42 Å². The number of Topliss-reactive ketones (excluding diaryl/α,β-unsaturated/α-hetero) is 1. The predicted molar refractivity (Wildman–Crippen MR) is 66.4 cm³/mol. The van der Waals surface area contributed by atoms with Crippen LogP contribution in [0.2, 0.25) is 0 Å². The van der Waals surface area contributed by atoms with Crippen LogP contribution in [0.5, 0.6) is 0 Å². The standard InChI is InChI=1S/C14H21NO/c1-11(10-14(2,3)4)9-13(16)12-7-5-6-8-15-12/h5-8,11H,9-10H2,1-4H3. The van der Waals surface area contributed by atoms with E-state index in [1.807, 2.05) is 12.1 Å². The summed E-state index contributed by atoms with van der Waals surface area (Å²) in [6, 6.07) is 5.47. The van der Waals surface area contributed by atoms with E-state index in [0.29, 0.717) is 18.0 Å². The number of hydrogen-bond donors (Lipinski definition) is 0. The first-order valence-electron chi connectivity index (χ1n) is 5.83. The minimum Gasteiger partial charge on any atom is -0.292 e. The lowest BCUT2D eigenvalue weighted by molar-refractivity contribution is 0.0949. The van der Waals surface area contributed by atoms with Crippen LogP contribution in [0.15, 0.2) is 24.4 Å². The second-order valence-electron chi connectivity index (χ2n) is 5.71. The van der Waals surface area contributed by atoms with Crippen molar-refractivity contribution in [1.82, 2.24) is 4.98 Å². The van der Waals surface area contributed by atoms with Crippen LogP contribution in [0.1, 0.15) is 51.0 Å². The van der Waals surface area contributed by atoms with Crippen molar-refractivity contribution in [2.75, 3.05) is 0 Å². The highest BCUT2D eigenvalue weighted by atomic mass is 16.1. The number of carbonyl (C=O) groups excluding carboxylic acids is 1. The molecule has 1 aromatic heterocycles. The summed E-state index contributed by atoms with van der Waals surface area (Å²) < 4.78 is 0. The Labute approximate surface area is 98.1 Å². The molecule has 0 spiro atoms. The molecule has 1 atom stereocenters. The minimum atomic E-state index is 0.150. The smallest absolute Gasteiger partial charge is 0.181 e. The van der Waals surface area contributed by atoms with Gasteiger partial charge in [0.05, 0.1) is 0 Å². The molecule has 1 unspecified atom stereocenters. The van der Waals surface area contributed by atoms with Crippen LogP contribution in [-0.4, -0.2) is 10.8 Å². The fourth-order valence-electron chi connectivity index (χ4n) is 2.07. The fraction of sp³-hybridized carbons (Fsp3) is 0.571. The van der Waals surface area contributed by atoms with Crippen LogP contribution in [0.25, 0.3) is 0 Å². The molecule has 0 aliphatic rings. The quantitative estimate of drug-likeness (QED) is 0.722. The van der Waals surface area contributed by atoms with Gasteiger partial charge in [0.2, 0.25) is 0 Å². The monoisotopic (exact) mass is 219 g/mol. The molecule has 1 aromatic rings. The SMILES string of the molecule is CC(CC(=O)c1ccccn1)CC(C)(C)C. The lowest BCUT2D eigenvalue weighted by Crippen LogP contribution is -2.14. The predicted octanol–water partition coefficient (Wildman–Crippen LogP) is 3.73. The van der Waals surface area contributed by atoms with E-state index in [1.54, 1.807) is 12.3 Å². The summed E-state index contributed by atoms with van der Waals surface area (Å²) in [5.41, 5.74) is 0.868. The molecule has 1 rings (SSSR count). The number of pyridine rings is 1. The summed E-state index contributed by atoms with van der Waals surface area (Å²) in [5, 5.41) is 0. The number of nitrogens with zero attached hydrogens (tertiary/aromatic N) is 1. The van der Waals surface area contributed by atoms with E-state index < -0.39 is 0 Å². The Kier molecular flexibility index (Phi) is 4.22. The molecular weight excluding hydrogens is 198 g/mol. The van der Waals surface area contributed by atoms with Gasteiger partial charge >= 0.3 is 0 Å². The van der Waals surface area contributed by atoms with E-state index in [4.69, 9.17) is 0 Å². The Hall–Kier alpha value is -1.18. The van der Waals surface area contributed by atoms with Gasteiger partial charge in [-0.25, -0.2) is 0 Å². The van der Waals surface area contributed by atoms with Gasteiger partial charge in [0.15, 0.2) is 5.78 Å². The van der Waals surface area contributed by atoms with Crippen LogP contribution >= 0.6 is 0 Å². The maximum atomic E-state index is 11.9. The van der Waals surface area contributed by atoms with E-state index in [2.05, 4.69) is 32.7 Å². The Morgan fingerprint density at radius 2 is 2.06 bits per heavy atom. The van der Waals surface area contributed by atoms with Crippen LogP contribution in [0.4, 0.5) is 0 Å². The molecule has 2 heteroatoms. The minimum absolute atomic E-state index is 0.150. The van der Waals surface area contributed by atoms with Gasteiger partial charge in [0.1, 0.15) is 5.69 Å². The Bertz CT molecular complexity index is 338. The third-order valence-corrected chi connectivity index (χ3v) is 2.45. The summed E-state index contributed by atoms with van der Waals surface area (Å²) in [7, 11) is 0. The number of rotatable bonds is 4. The lowest BCUT2D eigenvalue weighted by atomic mass is 9.83. The van der Waals surface area contributed by atoms with Gasteiger partial charge in [-0.15, -0.1) is 0 Å². The third kappa shape index (κ3) is 4.56. The van der Waals surface area contributed by atoms with E-state index in [-0.39, 0.29) is 11.2 Å². The molecule has 2 nitrogen and oxygen atoms in total. The molecule has 0 fully saturated rings. The van der Waals surface area contributed by atoms with Crippen molar-refractivity contribution in [2.45, 2.75) is 40.5 Å². The zero-order chi connectivity index (χ0) is 12.2. The summed E-state index contributed by atoms with van der Waals surface area (Å²) in [6.45, 7) is 8.74. The topological polar surface area (TPSA) is 30.0 Å². The average Bonchev–Trinajstić information content (AvgIpc) is 2.16. The Balaban J connectivity index is 2.53. The second kappa shape index (κ2) is 5.24. The number of aromatic nitrogens is 1. The Morgan fingerprint density at radius 1 is 1.38 bits per heavy atom. The van der Waals surface area contributed by atoms with Gasteiger partial charge in [0, 0.05) is 12.6 Å². The zero-order valence-electron chi connectivity index (χ0n) is 10.7. The maximum absolute atomic E-state index is 11.9. The molecule has 0 aliphatic carbocycles. The first kappa shape index (κ1) is 12.9. The molecule has 1 heterocycles. The van der Waals surface area contributed by atoms with Crippen LogP contribution in [0.3, 0.4) is 0 Å². The highest BCUT2D eigenvalue weighted by molar-refractivity contribution is 5.94. The van der Waals surface area contributed by atoms with Crippen molar-refractivity contribution in [3.8, 4) is 0 Å². The maximum Gasteiger partial charge on any atom is 0.181 e. The van der Waals surface area contributed by atoms with Crippen molar-refractivity contribution in [3.05, 3.63) is 30.1 Å². The molecule has 0 bridgehead atoms. The summed E-state index contributed by atoms with van der Waals surface area (Å²) in [4.78, 5) is 16.0. The molecule has 16 heavy (non-hydrogen) atoms. The summed E-state index contributed by atoms with van der Waals surface area (Å²) in [5.74, 6) is 0.562. The van der Waals surface area contributed by atoms with Gasteiger partial charge in [-0.3, -0.25) is 9.78 Å². The van der Waals surface area contributed by atoms with Gasteiger partial charge < -0.3 is 0 Å². The Morgan fingerprint density at radius 3 is 2.56 bits per heavy atom. The number of hydrogen-bond acceptors (Lipinski definition) is 2. The van der Waals surface area contributed by atoms with Crippen LogP contribution in [0, 0.1) is 11.3 Å². The highest BCUT2D eigenvalue weighted by Crippen LogP contribution is 2.26. The number of ketones is 1. The molecule has 88 valence electrons. The molecule has 0 amide bonds. The third-order valence-electron chi connectivity index (χ3n) is 2.45. The zero-order valence-corrected chi connectivity index (χ0v) is 10.7. The summed E-state index contributed by atoms with van der Waals surface area (Å²) >= 11 is 0. The lowest BCUT2D eigenvalue weighted by Gasteiger charge is -2.22. The van der Waals surface area contributed by atoms with Crippen molar-refractivity contribution >= 4 is 5.78 Å². The molecular formula is C14H21NO. The van der Waals surface area contributed by atoms with Gasteiger partial charge in [-0.2, -0.15) is 0 Å². The highest BCUT2D eigenvalue weighted by Gasteiger charge is 2.18. The number of carbonyl (C=O) groups is 1. The second-order valence-corrected chi connectivity index (χ2v) is 5.71. The largest absolute Gasteiger partial charge is 0.292 e. The van der Waals surface area contributed by atoms with Crippen LogP contribution < -0.4 is 0 Å². The van der Waals surface area contributed by atoms with Crippen molar-refractivity contribution < 1.29 is 4.79 Å². The summed E-state index contributed by atoms with van der Waals surface area (Å²) in [6.07, 6.45) is 3.32. The fourth-order valence-corrected chi connectivity index (χ4v) is 2.07. The van der Waals surface area contributed by atoms with Gasteiger partial charge in [-0.05, 0) is 29.9 Å². The van der Waals surface area contributed by atoms with Crippen molar-refractivity contribution in [1.29, 1.82) is 0 Å². The molecule has 0 aliphatic heterocycles.